The maximum Gasteiger partial charge on any atom is 0.190 e. The fourth-order valence-corrected chi connectivity index (χ4v) is 4.20. The number of aromatic nitrogens is 3. The van der Waals surface area contributed by atoms with Gasteiger partial charge in [-0.15, -0.1) is 29.8 Å². The number of aromatic hydroxyl groups is 1. The van der Waals surface area contributed by atoms with E-state index < -0.39 is 0 Å². The standard InChI is InChI=1S/C29H23N4O.Pt/c1-19(2)18-33-26-12-7-10-23(20-8-6-9-21(16-20)25-11-4-5-15-31-25)28(26)32-29(33)24-14-13-22(30-3)17-27(24)34;/h4-15,17,19,34H,18H2,1-2H3;/q-1;. The molecule has 6 heteroatoms. The first-order valence-corrected chi connectivity index (χ1v) is 11.2. The molecule has 0 saturated carbocycles. The summed E-state index contributed by atoms with van der Waals surface area (Å²) in [5.41, 5.74) is 6.54. The minimum absolute atomic E-state index is 0. The van der Waals surface area contributed by atoms with E-state index in [1.807, 2.05) is 42.5 Å². The Labute approximate surface area is 219 Å². The third-order valence-corrected chi connectivity index (χ3v) is 5.70. The van der Waals surface area contributed by atoms with Gasteiger partial charge in [0.15, 0.2) is 5.69 Å². The van der Waals surface area contributed by atoms with E-state index in [0.717, 1.165) is 40.0 Å². The SMILES string of the molecule is [C-]#[N+]c1ccc(-c2nc3c(-c4[c-]c(-c5ccccn5)ccc4)cccc3n2CC(C)C)c(O)c1.[Pt]. The number of para-hydroxylation sites is 1. The van der Waals surface area contributed by atoms with Crippen LogP contribution in [-0.4, -0.2) is 19.6 Å². The molecule has 0 atom stereocenters. The van der Waals surface area contributed by atoms with E-state index in [1.54, 1.807) is 18.3 Å². The van der Waals surface area contributed by atoms with Crippen LogP contribution in [0.4, 0.5) is 5.69 Å². The summed E-state index contributed by atoms with van der Waals surface area (Å²) < 4.78 is 2.15. The summed E-state index contributed by atoms with van der Waals surface area (Å²) in [5, 5.41) is 10.7. The Morgan fingerprint density at radius 3 is 2.49 bits per heavy atom. The Bertz CT molecular complexity index is 1530. The van der Waals surface area contributed by atoms with Crippen molar-refractivity contribution < 1.29 is 26.2 Å². The summed E-state index contributed by atoms with van der Waals surface area (Å²) >= 11 is 0. The second-order valence-corrected chi connectivity index (χ2v) is 8.62. The van der Waals surface area contributed by atoms with Crippen molar-refractivity contribution in [3.63, 3.8) is 0 Å². The van der Waals surface area contributed by atoms with Gasteiger partial charge in [-0.25, -0.2) is 9.83 Å². The normalized spacial score (nSPS) is 10.8. The first-order valence-electron chi connectivity index (χ1n) is 11.2. The minimum Gasteiger partial charge on any atom is -0.509 e. The molecule has 1 N–H and O–H groups in total. The second kappa shape index (κ2) is 10.3. The van der Waals surface area contributed by atoms with Crippen LogP contribution in [0.1, 0.15) is 13.8 Å². The number of imidazole rings is 1. The number of benzene rings is 3. The largest absolute Gasteiger partial charge is 0.509 e. The monoisotopic (exact) mass is 638 g/mol. The van der Waals surface area contributed by atoms with Gasteiger partial charge < -0.3 is 9.67 Å². The number of phenols is 1. The van der Waals surface area contributed by atoms with Gasteiger partial charge >= 0.3 is 0 Å². The van der Waals surface area contributed by atoms with Crippen molar-refractivity contribution in [2.75, 3.05) is 0 Å². The number of nitrogens with zero attached hydrogens (tertiary/aromatic N) is 4. The molecule has 35 heavy (non-hydrogen) atoms. The molecule has 0 amide bonds. The van der Waals surface area contributed by atoms with E-state index in [-0.39, 0.29) is 26.8 Å². The van der Waals surface area contributed by atoms with Gasteiger partial charge in [-0.3, -0.25) is 4.98 Å². The van der Waals surface area contributed by atoms with Crippen LogP contribution in [0, 0.1) is 18.6 Å². The van der Waals surface area contributed by atoms with Crippen molar-refractivity contribution in [2.24, 2.45) is 5.92 Å². The number of phenolic OH excluding ortho intramolecular Hbond substituents is 1. The molecule has 0 aliphatic rings. The van der Waals surface area contributed by atoms with Crippen LogP contribution in [0.5, 0.6) is 5.75 Å². The Morgan fingerprint density at radius 2 is 1.77 bits per heavy atom. The molecular formula is C29H23N4OPt-. The molecule has 3 aromatic carbocycles. The molecule has 5 aromatic rings. The zero-order valence-corrected chi connectivity index (χ0v) is 21.6. The zero-order chi connectivity index (χ0) is 23.7. The number of fused-ring (bicyclic) bond motifs is 1. The molecule has 0 spiro atoms. The van der Waals surface area contributed by atoms with Crippen molar-refractivity contribution in [1.29, 1.82) is 0 Å². The molecule has 0 radical (unpaired) electrons. The fraction of sp³-hybridized carbons (Fsp3) is 0.138. The minimum atomic E-state index is 0. The molecule has 0 fully saturated rings. The van der Waals surface area contributed by atoms with Crippen molar-refractivity contribution in [1.82, 2.24) is 14.5 Å². The van der Waals surface area contributed by atoms with Crippen molar-refractivity contribution >= 4 is 16.7 Å². The van der Waals surface area contributed by atoms with Gasteiger partial charge in [0.2, 0.25) is 0 Å². The zero-order valence-electron chi connectivity index (χ0n) is 19.3. The molecule has 0 aliphatic heterocycles. The van der Waals surface area contributed by atoms with Gasteiger partial charge in [-0.05, 0) is 24.1 Å². The van der Waals surface area contributed by atoms with E-state index in [1.165, 1.54) is 6.07 Å². The molecule has 2 heterocycles. The van der Waals surface area contributed by atoms with Crippen molar-refractivity contribution in [3.8, 4) is 39.5 Å². The van der Waals surface area contributed by atoms with Crippen molar-refractivity contribution in [3.05, 3.63) is 96.5 Å². The Kier molecular flexibility index (Phi) is 7.14. The molecule has 5 rings (SSSR count). The predicted octanol–water partition coefficient (Wildman–Crippen LogP) is 7.14. The second-order valence-electron chi connectivity index (χ2n) is 8.62. The van der Waals surface area contributed by atoms with E-state index in [2.05, 4.69) is 46.4 Å². The number of rotatable bonds is 5. The van der Waals surface area contributed by atoms with Gasteiger partial charge in [0.1, 0.15) is 11.6 Å². The molecule has 0 unspecified atom stereocenters. The Morgan fingerprint density at radius 1 is 0.971 bits per heavy atom. The summed E-state index contributed by atoms with van der Waals surface area (Å²) in [7, 11) is 0. The molecule has 176 valence electrons. The van der Waals surface area contributed by atoms with Crippen LogP contribution in [-0.2, 0) is 27.6 Å². The quantitative estimate of drug-likeness (QED) is 0.208. The van der Waals surface area contributed by atoms with E-state index in [0.29, 0.717) is 23.0 Å². The molecule has 5 nitrogen and oxygen atoms in total. The van der Waals surface area contributed by atoms with Gasteiger partial charge in [-0.2, -0.15) is 0 Å². The van der Waals surface area contributed by atoms with Crippen LogP contribution in [0.3, 0.4) is 0 Å². The average Bonchev–Trinajstić information content (AvgIpc) is 3.22. The summed E-state index contributed by atoms with van der Waals surface area (Å²) in [6, 6.07) is 26.5. The third-order valence-electron chi connectivity index (χ3n) is 5.70. The molecule has 2 aromatic heterocycles. The predicted molar refractivity (Wildman–Crippen MR) is 135 cm³/mol. The van der Waals surface area contributed by atoms with Crippen LogP contribution < -0.4 is 0 Å². The van der Waals surface area contributed by atoms with E-state index in [9.17, 15) is 5.11 Å². The van der Waals surface area contributed by atoms with Gasteiger partial charge in [0.05, 0.1) is 23.2 Å². The fourth-order valence-electron chi connectivity index (χ4n) is 4.20. The van der Waals surface area contributed by atoms with Crippen LogP contribution in [0.15, 0.2) is 79.0 Å². The van der Waals surface area contributed by atoms with Crippen LogP contribution >= 0.6 is 0 Å². The topological polar surface area (TPSA) is 55.3 Å². The smallest absolute Gasteiger partial charge is 0.190 e. The first kappa shape index (κ1) is 24.4. The third kappa shape index (κ3) is 4.76. The Hall–Kier alpha value is -3.74. The van der Waals surface area contributed by atoms with Crippen LogP contribution in [0.25, 0.3) is 49.7 Å². The maximum absolute atomic E-state index is 10.7. The van der Waals surface area contributed by atoms with Crippen LogP contribution in [0.2, 0.25) is 0 Å². The molecular weight excluding hydrogens is 615 g/mol. The summed E-state index contributed by atoms with van der Waals surface area (Å²) in [6.45, 7) is 12.3. The van der Waals surface area contributed by atoms with Gasteiger partial charge in [0.25, 0.3) is 0 Å². The van der Waals surface area contributed by atoms with Gasteiger partial charge in [-0.1, -0.05) is 61.4 Å². The summed E-state index contributed by atoms with van der Waals surface area (Å²) in [5.74, 6) is 1.12. The number of hydrogen-bond donors (Lipinski definition) is 1. The van der Waals surface area contributed by atoms with Gasteiger partial charge in [0, 0.05) is 39.5 Å². The Balaban J connectivity index is 0.00000289. The first-order chi connectivity index (χ1) is 16.5. The maximum atomic E-state index is 10.7. The number of pyridine rings is 1. The van der Waals surface area contributed by atoms with Crippen molar-refractivity contribution in [2.45, 2.75) is 20.4 Å². The summed E-state index contributed by atoms with van der Waals surface area (Å²) in [6.07, 6.45) is 1.78. The van der Waals surface area contributed by atoms with E-state index >= 15 is 0 Å². The molecule has 0 bridgehead atoms. The summed E-state index contributed by atoms with van der Waals surface area (Å²) in [4.78, 5) is 12.9. The average molecular weight is 639 g/mol. The molecule has 0 aliphatic carbocycles. The van der Waals surface area contributed by atoms with E-state index in [4.69, 9.17) is 11.6 Å². The molecule has 0 saturated heterocycles. The number of hydrogen-bond acceptors (Lipinski definition) is 3.